The number of allylic oxidation sites excluding steroid dienone is 2. The van der Waals surface area contributed by atoms with Gasteiger partial charge in [0.25, 0.3) is 8.32 Å². The molecule has 0 aromatic heterocycles. The van der Waals surface area contributed by atoms with Gasteiger partial charge in [-0.15, -0.1) is 0 Å². The van der Waals surface area contributed by atoms with Gasteiger partial charge in [-0.25, -0.2) is 8.78 Å². The number of nitrogens with zero attached hydrogens (tertiary/aromatic N) is 2. The Bertz CT molecular complexity index is 1260. The molecule has 1 spiro atoms. The summed E-state index contributed by atoms with van der Waals surface area (Å²) in [7, 11) is -2.66. The van der Waals surface area contributed by atoms with Gasteiger partial charge in [-0.3, -0.25) is 4.99 Å². The normalized spacial score (nSPS) is 22.1. The average molecular weight is 613 g/mol. The molecular weight excluding hydrogens is 589 g/mol. The zero-order valence-corrected chi connectivity index (χ0v) is 23.1. The molecule has 0 radical (unpaired) electrons. The van der Waals surface area contributed by atoms with Crippen LogP contribution in [0.5, 0.6) is 0 Å². The molecule has 0 fully saturated rings. The lowest BCUT2D eigenvalue weighted by atomic mass is 9.79. The Morgan fingerprint density at radius 2 is 1.78 bits per heavy atom. The maximum Gasteiger partial charge on any atom is 0.417 e. The maximum absolute atomic E-state index is 15.9. The highest BCUT2D eigenvalue weighted by molar-refractivity contribution is 9.10. The van der Waals surface area contributed by atoms with Gasteiger partial charge in [-0.2, -0.15) is 22.0 Å². The molecule has 37 heavy (non-hydrogen) atoms. The standard InChI is InChI=1S/C24H24BrF7N2O2Si/c1-22(2,3)37(4,5)36-19-15(26)9-23(13-6-7-14(25)18(27)17(13)19)11-34-10-12(24(30,31)32)8-16(20(34)33-23)35-21(28)29/h6-8,10,21H,9,11H2,1-5H3/t23-/m1/s1. The minimum Gasteiger partial charge on any atom is -0.541 e. The number of benzene rings is 1. The molecule has 0 amide bonds. The van der Waals surface area contributed by atoms with Crippen LogP contribution >= 0.6 is 15.9 Å². The number of fused-ring (bicyclic) bond motifs is 3. The van der Waals surface area contributed by atoms with Gasteiger partial charge >= 0.3 is 12.8 Å². The van der Waals surface area contributed by atoms with Crippen molar-refractivity contribution in [1.82, 2.24) is 4.90 Å². The van der Waals surface area contributed by atoms with E-state index in [4.69, 9.17) is 4.43 Å². The first-order chi connectivity index (χ1) is 16.9. The summed E-state index contributed by atoms with van der Waals surface area (Å²) < 4.78 is 109. The van der Waals surface area contributed by atoms with Crippen molar-refractivity contribution < 1.29 is 39.9 Å². The Morgan fingerprint density at radius 1 is 1.14 bits per heavy atom. The third-order valence-electron chi connectivity index (χ3n) is 7.05. The van der Waals surface area contributed by atoms with Crippen molar-refractivity contribution in [2.24, 2.45) is 4.99 Å². The van der Waals surface area contributed by atoms with E-state index in [1.165, 1.54) is 12.1 Å². The topological polar surface area (TPSA) is 34.1 Å². The van der Waals surface area contributed by atoms with E-state index in [0.29, 0.717) is 12.3 Å². The van der Waals surface area contributed by atoms with Crippen LogP contribution in [0.15, 0.2) is 51.0 Å². The van der Waals surface area contributed by atoms with Gasteiger partial charge in [0.05, 0.1) is 22.2 Å². The molecule has 3 aliphatic rings. The molecule has 2 heterocycles. The lowest BCUT2D eigenvalue weighted by Gasteiger charge is -2.40. The van der Waals surface area contributed by atoms with Crippen LogP contribution in [0.3, 0.4) is 0 Å². The summed E-state index contributed by atoms with van der Waals surface area (Å²) in [6.07, 6.45) is -4.22. The second-order valence-corrected chi connectivity index (χ2v) is 16.2. The predicted molar refractivity (Wildman–Crippen MR) is 130 cm³/mol. The molecule has 4 nitrogen and oxygen atoms in total. The minimum absolute atomic E-state index is 0.0247. The van der Waals surface area contributed by atoms with Crippen molar-refractivity contribution in [1.29, 1.82) is 0 Å². The van der Waals surface area contributed by atoms with Crippen molar-refractivity contribution in [2.75, 3.05) is 6.54 Å². The van der Waals surface area contributed by atoms with Crippen LogP contribution in [0.1, 0.15) is 38.3 Å². The van der Waals surface area contributed by atoms with Crippen LogP contribution in [0.2, 0.25) is 18.1 Å². The first-order valence-electron chi connectivity index (χ1n) is 11.3. The molecule has 4 rings (SSSR count). The molecule has 0 saturated heterocycles. The molecule has 0 N–H and O–H groups in total. The van der Waals surface area contributed by atoms with Crippen molar-refractivity contribution in [3.8, 4) is 0 Å². The van der Waals surface area contributed by atoms with E-state index in [0.717, 1.165) is 4.90 Å². The molecule has 1 aromatic carbocycles. The zero-order valence-electron chi connectivity index (χ0n) is 20.5. The van der Waals surface area contributed by atoms with E-state index in [1.807, 2.05) is 33.9 Å². The monoisotopic (exact) mass is 612 g/mol. The first kappa shape index (κ1) is 27.7. The van der Waals surface area contributed by atoms with Gasteiger partial charge in [-0.05, 0) is 51.8 Å². The third kappa shape index (κ3) is 4.84. The summed E-state index contributed by atoms with van der Waals surface area (Å²) in [5.41, 5.74) is -2.88. The molecule has 2 aliphatic heterocycles. The Morgan fingerprint density at radius 3 is 2.35 bits per heavy atom. The highest BCUT2D eigenvalue weighted by atomic mass is 79.9. The predicted octanol–water partition coefficient (Wildman–Crippen LogP) is 8.14. The third-order valence-corrected chi connectivity index (χ3v) is 12.0. The van der Waals surface area contributed by atoms with Gasteiger partial charge < -0.3 is 14.1 Å². The van der Waals surface area contributed by atoms with Crippen LogP contribution in [0.4, 0.5) is 30.7 Å². The van der Waals surface area contributed by atoms with Crippen molar-refractivity contribution in [3.05, 3.63) is 63.0 Å². The highest BCUT2D eigenvalue weighted by Gasteiger charge is 2.52. The van der Waals surface area contributed by atoms with Crippen molar-refractivity contribution in [3.63, 3.8) is 0 Å². The van der Waals surface area contributed by atoms with Gasteiger partial charge in [-0.1, -0.05) is 26.8 Å². The Kier molecular flexibility index (Phi) is 6.67. The lowest BCUT2D eigenvalue weighted by molar-refractivity contribution is -0.0981. The number of hydrogen-bond donors (Lipinski definition) is 0. The fourth-order valence-electron chi connectivity index (χ4n) is 4.19. The summed E-state index contributed by atoms with van der Waals surface area (Å²) in [5.74, 6) is -3.07. The second-order valence-electron chi connectivity index (χ2n) is 10.6. The lowest BCUT2D eigenvalue weighted by Crippen LogP contribution is -2.42. The van der Waals surface area contributed by atoms with Crippen molar-refractivity contribution in [2.45, 2.75) is 63.7 Å². The summed E-state index contributed by atoms with van der Waals surface area (Å²) >= 11 is 3.11. The molecule has 0 saturated carbocycles. The quantitative estimate of drug-likeness (QED) is 0.254. The highest BCUT2D eigenvalue weighted by Crippen LogP contribution is 2.52. The molecule has 1 aliphatic carbocycles. The minimum atomic E-state index is -4.87. The van der Waals surface area contributed by atoms with E-state index in [9.17, 15) is 22.0 Å². The fraction of sp³-hybridized carbons (Fsp3) is 0.458. The number of hydrogen-bond acceptors (Lipinski definition) is 4. The molecule has 13 heteroatoms. The number of halogens is 8. The van der Waals surface area contributed by atoms with Crippen LogP contribution < -0.4 is 0 Å². The van der Waals surface area contributed by atoms with E-state index in [2.05, 4.69) is 25.7 Å². The molecule has 1 atom stereocenters. The SMILES string of the molecule is CC(C)(C)[Si](C)(C)OC1=C(F)C[C@@]2(CN3C=C(C(F)(F)F)C=C(OC(F)F)C3=N2)c2ccc(Br)c(F)c21. The molecule has 0 unspecified atom stereocenters. The summed E-state index contributed by atoms with van der Waals surface area (Å²) in [6, 6.07) is 2.86. The van der Waals surface area contributed by atoms with Crippen molar-refractivity contribution >= 4 is 35.8 Å². The number of aliphatic imine (C=N–C) groups is 1. The number of rotatable bonds is 4. The fourth-order valence-corrected chi connectivity index (χ4v) is 5.55. The van der Waals surface area contributed by atoms with E-state index in [-0.39, 0.29) is 38.8 Å². The van der Waals surface area contributed by atoms with Crippen LogP contribution in [-0.4, -0.2) is 38.4 Å². The zero-order chi connectivity index (χ0) is 27.7. The maximum atomic E-state index is 15.9. The summed E-state index contributed by atoms with van der Waals surface area (Å²) in [6.45, 7) is 5.75. The molecule has 202 valence electrons. The first-order valence-corrected chi connectivity index (χ1v) is 15.0. The average Bonchev–Trinajstić information content (AvgIpc) is 3.10. The second kappa shape index (κ2) is 8.89. The Balaban J connectivity index is 1.89. The molecule has 1 aromatic rings. The van der Waals surface area contributed by atoms with Gasteiger partial charge in [0.2, 0.25) is 0 Å². The molecular formula is C24H24BrF7N2O2Si. The van der Waals surface area contributed by atoms with Crippen LogP contribution in [-0.2, 0) is 14.7 Å². The van der Waals surface area contributed by atoms with E-state index in [1.54, 1.807) is 0 Å². The number of amidine groups is 1. The number of alkyl halides is 5. The Labute approximate surface area is 218 Å². The largest absolute Gasteiger partial charge is 0.541 e. The van der Waals surface area contributed by atoms with Gasteiger partial charge in [0.1, 0.15) is 22.9 Å². The van der Waals surface area contributed by atoms with E-state index >= 15 is 8.78 Å². The smallest absolute Gasteiger partial charge is 0.417 e. The Hall–Kier alpha value is -2.28. The number of ether oxygens (including phenoxy) is 1. The van der Waals surface area contributed by atoms with Gasteiger partial charge in [0.15, 0.2) is 11.6 Å². The summed E-state index contributed by atoms with van der Waals surface area (Å²) in [5, 5.41) is -0.350. The van der Waals surface area contributed by atoms with Crippen LogP contribution in [0, 0.1) is 5.82 Å². The van der Waals surface area contributed by atoms with E-state index < -0.39 is 56.0 Å². The molecule has 0 bridgehead atoms. The van der Waals surface area contributed by atoms with Gasteiger partial charge in [0, 0.05) is 12.6 Å². The van der Waals surface area contributed by atoms with Crippen LogP contribution in [0.25, 0.3) is 5.76 Å². The summed E-state index contributed by atoms with van der Waals surface area (Å²) in [4.78, 5) is 5.38.